The van der Waals surface area contributed by atoms with Crippen LogP contribution in [0.1, 0.15) is 19.8 Å². The van der Waals surface area contributed by atoms with Crippen LogP contribution in [0.25, 0.3) is 0 Å². The van der Waals surface area contributed by atoms with Crippen LogP contribution in [0.15, 0.2) is 11.8 Å². The quantitative estimate of drug-likeness (QED) is 0.0673. The molecule has 0 spiro atoms. The van der Waals surface area contributed by atoms with Gasteiger partial charge >= 0.3 is 6.03 Å². The van der Waals surface area contributed by atoms with E-state index in [1.807, 2.05) is 0 Å². The number of hydrogen-bond donors (Lipinski definition) is 12. The van der Waals surface area contributed by atoms with Crippen molar-refractivity contribution in [3.63, 3.8) is 0 Å². The van der Waals surface area contributed by atoms with Gasteiger partial charge in [-0.25, -0.2) is 9.86 Å². The third-order valence-electron chi connectivity index (χ3n) is 7.75. The number of carbonyl (C=O) groups is 1. The second-order valence-electron chi connectivity index (χ2n) is 11.4. The van der Waals surface area contributed by atoms with Crippen molar-refractivity contribution < 1.29 is 54.5 Å². The van der Waals surface area contributed by atoms with Crippen LogP contribution in [0.3, 0.4) is 0 Å². The van der Waals surface area contributed by atoms with Crippen LogP contribution < -0.4 is 33.2 Å². The van der Waals surface area contributed by atoms with Gasteiger partial charge in [0.25, 0.3) is 0 Å². The smallest absolute Gasteiger partial charge is 0.341 e. The molecule has 3 aliphatic rings. The zero-order valence-electron chi connectivity index (χ0n) is 24.5. The third kappa shape index (κ3) is 9.14. The molecule has 0 bridgehead atoms. The zero-order chi connectivity index (χ0) is 31.9. The highest BCUT2D eigenvalue weighted by Crippen LogP contribution is 2.32. The molecule has 43 heavy (non-hydrogen) atoms. The molecule has 2 amide bonds. The minimum Gasteiger partial charge on any atom is -0.467 e. The van der Waals surface area contributed by atoms with Crippen molar-refractivity contribution in [2.45, 2.75) is 92.6 Å². The number of likely N-dealkylation sites (N-methyl/N-ethyl adjacent to an activating group) is 1. The Morgan fingerprint density at radius 2 is 1.91 bits per heavy atom. The molecule has 1 unspecified atom stereocenters. The average Bonchev–Trinajstić information content (AvgIpc) is 2.95. The first-order chi connectivity index (χ1) is 20.3. The summed E-state index contributed by atoms with van der Waals surface area (Å²) in [7, 11) is 1.56. The summed E-state index contributed by atoms with van der Waals surface area (Å²) in [6.45, 7) is 1.07. The lowest BCUT2D eigenvalue weighted by atomic mass is 9.83. The van der Waals surface area contributed by atoms with Gasteiger partial charge in [0.2, 0.25) is 6.29 Å². The molecular weight excluding hydrogens is 574 g/mol. The first kappa shape index (κ1) is 35.7. The van der Waals surface area contributed by atoms with Crippen molar-refractivity contribution in [3.8, 4) is 0 Å². The molecule has 3 rings (SSSR count). The Labute approximate surface area is 250 Å². The molecule has 0 radical (unpaired) electrons. The highest BCUT2D eigenvalue weighted by molar-refractivity contribution is 5.73. The summed E-state index contributed by atoms with van der Waals surface area (Å²) in [6, 6.07) is -4.22. The van der Waals surface area contributed by atoms with Gasteiger partial charge in [-0.15, -0.1) is 0 Å². The third-order valence-corrected chi connectivity index (χ3v) is 7.75. The predicted molar refractivity (Wildman–Crippen MR) is 149 cm³/mol. The molecule has 1 saturated heterocycles. The molecule has 1 aliphatic carbocycles. The fourth-order valence-corrected chi connectivity index (χ4v) is 5.40. The number of nitrogens with one attached hydrogen (secondary N) is 3. The molecule has 2 aliphatic heterocycles. The Kier molecular flexibility index (Phi) is 13.3. The fraction of sp³-hybridized carbons (Fsp3) is 0.880. The van der Waals surface area contributed by atoms with Gasteiger partial charge in [-0.05, 0) is 32.9 Å². The van der Waals surface area contributed by atoms with E-state index in [1.165, 1.54) is 6.92 Å². The van der Waals surface area contributed by atoms with Crippen LogP contribution in [0.5, 0.6) is 0 Å². The van der Waals surface area contributed by atoms with Gasteiger partial charge in [0.1, 0.15) is 35.8 Å². The summed E-state index contributed by atoms with van der Waals surface area (Å²) < 4.78 is 23.7. The first-order valence-corrected chi connectivity index (χ1v) is 14.3. The van der Waals surface area contributed by atoms with Crippen LogP contribution in [0.2, 0.25) is 0 Å². The summed E-state index contributed by atoms with van der Waals surface area (Å²) in [4.78, 5) is 12.6. The van der Waals surface area contributed by atoms with E-state index in [4.69, 9.17) is 41.3 Å². The number of ether oxygens (including phenoxy) is 4. The van der Waals surface area contributed by atoms with Gasteiger partial charge in [-0.3, -0.25) is 5.21 Å². The Morgan fingerprint density at radius 3 is 2.56 bits per heavy atom. The Hall–Kier alpha value is -1.75. The van der Waals surface area contributed by atoms with Crippen LogP contribution in [0.4, 0.5) is 4.79 Å². The second kappa shape index (κ2) is 16.0. The van der Waals surface area contributed by atoms with Gasteiger partial charge in [0.15, 0.2) is 6.29 Å². The number of aliphatic hydroxyl groups excluding tert-OH is 4. The Balaban J connectivity index is 1.76. The van der Waals surface area contributed by atoms with Crippen molar-refractivity contribution >= 4 is 6.03 Å². The maximum absolute atomic E-state index is 12.6. The molecule has 0 aromatic heterocycles. The predicted octanol–water partition coefficient (Wildman–Crippen LogP) is -5.47. The Morgan fingerprint density at radius 1 is 1.21 bits per heavy atom. The summed E-state index contributed by atoms with van der Waals surface area (Å²) in [6.07, 6.45) is -6.42. The van der Waals surface area contributed by atoms with Gasteiger partial charge in [0.05, 0.1) is 50.5 Å². The van der Waals surface area contributed by atoms with Gasteiger partial charge in [-0.1, -0.05) is 0 Å². The van der Waals surface area contributed by atoms with E-state index < -0.39 is 85.5 Å². The maximum Gasteiger partial charge on any atom is 0.341 e. The lowest BCUT2D eigenvalue weighted by molar-refractivity contribution is -0.304. The van der Waals surface area contributed by atoms with Crippen molar-refractivity contribution in [3.05, 3.63) is 11.8 Å². The van der Waals surface area contributed by atoms with E-state index >= 15 is 0 Å². The van der Waals surface area contributed by atoms with Gasteiger partial charge in [-0.2, -0.15) is 0 Å². The number of hydroxylamine groups is 2. The molecule has 250 valence electrons. The van der Waals surface area contributed by atoms with Crippen LogP contribution in [-0.4, -0.2) is 161 Å². The molecule has 2 fully saturated rings. The number of nitrogens with two attached hydrogens (primary N) is 3. The van der Waals surface area contributed by atoms with E-state index in [2.05, 4.69) is 16.0 Å². The second-order valence-corrected chi connectivity index (χ2v) is 11.4. The minimum atomic E-state index is -1.51. The van der Waals surface area contributed by atoms with E-state index in [1.54, 1.807) is 13.1 Å². The number of hydrogen-bond acceptors (Lipinski definition) is 16. The van der Waals surface area contributed by atoms with E-state index in [0.717, 1.165) is 0 Å². The Bertz CT molecular complexity index is 919. The van der Waals surface area contributed by atoms with E-state index in [-0.39, 0.29) is 39.2 Å². The van der Waals surface area contributed by atoms with Crippen molar-refractivity contribution in [2.24, 2.45) is 17.2 Å². The van der Waals surface area contributed by atoms with Gasteiger partial charge < -0.3 is 77.6 Å². The molecule has 0 aromatic rings. The van der Waals surface area contributed by atoms with E-state index in [9.17, 15) is 30.4 Å². The molecule has 12 atom stereocenters. The van der Waals surface area contributed by atoms with E-state index in [0.29, 0.717) is 17.2 Å². The lowest BCUT2D eigenvalue weighted by Crippen LogP contribution is -2.69. The van der Waals surface area contributed by atoms with Crippen molar-refractivity contribution in [1.82, 2.24) is 21.0 Å². The molecule has 1 saturated carbocycles. The van der Waals surface area contributed by atoms with Crippen LogP contribution in [0, 0.1) is 0 Å². The van der Waals surface area contributed by atoms with Crippen LogP contribution >= 0.6 is 0 Å². The summed E-state index contributed by atoms with van der Waals surface area (Å²) in [5, 5.41) is 70.4. The minimum absolute atomic E-state index is 0.00434. The molecule has 2 heterocycles. The number of amides is 2. The molecule has 0 aromatic carbocycles. The molecule has 18 heteroatoms. The average molecular weight is 624 g/mol. The molecular formula is C25H49N7O11. The number of aliphatic hydroxyl groups is 5. The topological polar surface area (TPSA) is 293 Å². The largest absolute Gasteiger partial charge is 0.467 e. The number of nitrogens with zero attached hydrogens (tertiary/aromatic N) is 1. The van der Waals surface area contributed by atoms with Crippen LogP contribution in [-0.2, 0) is 18.9 Å². The van der Waals surface area contributed by atoms with Gasteiger partial charge in [0, 0.05) is 19.1 Å². The molecule has 18 nitrogen and oxygen atoms in total. The number of urea groups is 1. The molecule has 15 N–H and O–H groups in total. The summed E-state index contributed by atoms with van der Waals surface area (Å²) in [5.41, 5.74) is 16.6. The first-order valence-electron chi connectivity index (χ1n) is 14.3. The number of carbonyl (C=O) groups excluding carboxylic acids is 1. The lowest BCUT2D eigenvalue weighted by Gasteiger charge is -2.48. The SMILES string of the molecule is CN[C@@H]1[C@@H](O)[C@@H](O[C@@H]2[C@@H](O)[C@H](O[C@H]3OC(CNCC(O)CO)=CC[C@H]3N)[C@@H](N)C[C@H]2NC(=O)N(O)CCN)OC[C@]1(C)O. The fourth-order valence-electron chi connectivity index (χ4n) is 5.40. The van der Waals surface area contributed by atoms with Crippen molar-refractivity contribution in [2.75, 3.05) is 46.4 Å². The highest BCUT2D eigenvalue weighted by Gasteiger charge is 2.52. The number of rotatable bonds is 13. The van der Waals surface area contributed by atoms with Crippen molar-refractivity contribution in [1.29, 1.82) is 0 Å². The standard InChI is InChI=1S/C25H49N7O11/c1-25(38)11-40-23(18(36)21(25)29-2)43-20-16(31-24(37)32(39)6-5-26)7-15(28)19(17(20)35)42-22-14(27)4-3-13(41-22)9-30-8-12(34)10-33/h3,12,14-23,29-30,33-36,38-39H,4-11,26-28H2,1-2H3,(H,31,37)/t12?,14-,15+,16-,17+,18-,19-,20+,21-,22-,23-,25+/m1/s1. The normalized spacial score (nSPS) is 39.0. The zero-order valence-corrected chi connectivity index (χ0v) is 24.5. The maximum atomic E-state index is 12.6. The summed E-state index contributed by atoms with van der Waals surface area (Å²) >= 11 is 0. The monoisotopic (exact) mass is 623 g/mol. The summed E-state index contributed by atoms with van der Waals surface area (Å²) in [5.74, 6) is 0.473. The highest BCUT2D eigenvalue weighted by atomic mass is 16.7.